The first-order chi connectivity index (χ1) is 17.2. The van der Waals surface area contributed by atoms with E-state index in [-0.39, 0.29) is 34.8 Å². The maximum Gasteiger partial charge on any atom is 0.409 e. The molecule has 1 aliphatic heterocycles. The lowest BCUT2D eigenvalue weighted by molar-refractivity contribution is 0.0960. The number of carbonyl (C=O) groups is 3. The number of fused-ring (bicyclic) bond motifs is 1. The Kier molecular flexibility index (Phi) is 7.75. The van der Waals surface area contributed by atoms with Gasteiger partial charge in [-0.25, -0.2) is 17.9 Å². The molecule has 2 N–H and O–H groups in total. The molecule has 1 saturated heterocycles. The fourth-order valence-electron chi connectivity index (χ4n) is 4.80. The normalized spacial score (nSPS) is 16.4. The van der Waals surface area contributed by atoms with E-state index in [1.807, 2.05) is 19.1 Å². The number of piperidine rings is 1. The highest BCUT2D eigenvalue weighted by Gasteiger charge is 2.32. The minimum absolute atomic E-state index is 0.0623. The van der Waals surface area contributed by atoms with Gasteiger partial charge in [0.05, 0.1) is 17.2 Å². The highest BCUT2D eigenvalue weighted by Crippen LogP contribution is 2.34. The molecule has 2 amide bonds. The number of aryl methyl sites for hydroxylation is 1. The maximum atomic E-state index is 13.4. The van der Waals surface area contributed by atoms with E-state index in [0.717, 1.165) is 5.56 Å². The molecule has 0 radical (unpaired) electrons. The van der Waals surface area contributed by atoms with Crippen molar-refractivity contribution in [2.45, 2.75) is 56.9 Å². The molecular formula is C26H31N3O6S. The van der Waals surface area contributed by atoms with Crippen LogP contribution < -0.4 is 10.0 Å². The van der Waals surface area contributed by atoms with E-state index < -0.39 is 16.1 Å². The number of nitrogens with zero attached hydrogens (tertiary/aromatic N) is 1. The summed E-state index contributed by atoms with van der Waals surface area (Å²) in [6.45, 7) is 4.65. The molecule has 0 atom stereocenters. The lowest BCUT2D eigenvalue weighted by Gasteiger charge is -2.31. The summed E-state index contributed by atoms with van der Waals surface area (Å²) in [5, 5.41) is 2.82. The van der Waals surface area contributed by atoms with E-state index in [0.29, 0.717) is 62.0 Å². The SMILES string of the molecule is CCOC(=O)N1CCC(NS(=O)(=O)c2ccc(NC(=O)c3ccccc3C)c3c2CCCC3=O)CC1. The van der Waals surface area contributed by atoms with Gasteiger partial charge in [-0.15, -0.1) is 0 Å². The third kappa shape index (κ3) is 5.44. The third-order valence-corrected chi connectivity index (χ3v) is 8.25. The van der Waals surface area contributed by atoms with Crippen LogP contribution >= 0.6 is 0 Å². The van der Waals surface area contributed by atoms with Crippen LogP contribution in [0.4, 0.5) is 10.5 Å². The molecule has 192 valence electrons. The van der Waals surface area contributed by atoms with E-state index >= 15 is 0 Å². The van der Waals surface area contributed by atoms with E-state index in [4.69, 9.17) is 4.74 Å². The number of carbonyl (C=O) groups excluding carboxylic acids is 3. The van der Waals surface area contributed by atoms with Crippen LogP contribution in [0, 0.1) is 6.92 Å². The highest BCUT2D eigenvalue weighted by molar-refractivity contribution is 7.89. The summed E-state index contributed by atoms with van der Waals surface area (Å²) < 4.78 is 34.5. The van der Waals surface area contributed by atoms with Gasteiger partial charge in [-0.05, 0) is 68.9 Å². The fraction of sp³-hybridized carbons (Fsp3) is 0.423. The average molecular weight is 514 g/mol. The molecule has 1 heterocycles. The van der Waals surface area contributed by atoms with E-state index in [9.17, 15) is 22.8 Å². The zero-order valence-electron chi connectivity index (χ0n) is 20.5. The zero-order valence-corrected chi connectivity index (χ0v) is 21.3. The van der Waals surface area contributed by atoms with E-state index in [1.54, 1.807) is 24.0 Å². The minimum atomic E-state index is -3.93. The number of ether oxygens (including phenoxy) is 1. The van der Waals surface area contributed by atoms with Crippen LogP contribution in [0.3, 0.4) is 0 Å². The van der Waals surface area contributed by atoms with Crippen molar-refractivity contribution in [3.63, 3.8) is 0 Å². The largest absolute Gasteiger partial charge is 0.450 e. The van der Waals surface area contributed by atoms with Crippen LogP contribution in [0.15, 0.2) is 41.3 Å². The molecule has 36 heavy (non-hydrogen) atoms. The van der Waals surface area contributed by atoms with Gasteiger partial charge >= 0.3 is 6.09 Å². The summed E-state index contributed by atoms with van der Waals surface area (Å²) in [5.41, 5.74) is 2.31. The lowest BCUT2D eigenvalue weighted by atomic mass is 9.89. The van der Waals surface area contributed by atoms with Crippen LogP contribution in [0.5, 0.6) is 0 Å². The second kappa shape index (κ2) is 10.8. The number of rotatable bonds is 6. The predicted molar refractivity (Wildman–Crippen MR) is 135 cm³/mol. The third-order valence-electron chi connectivity index (χ3n) is 6.65. The van der Waals surface area contributed by atoms with Gasteiger partial charge in [0.15, 0.2) is 5.78 Å². The lowest BCUT2D eigenvalue weighted by Crippen LogP contribution is -2.46. The minimum Gasteiger partial charge on any atom is -0.450 e. The quantitative estimate of drug-likeness (QED) is 0.608. The Bertz CT molecular complexity index is 1280. The fourth-order valence-corrected chi connectivity index (χ4v) is 6.37. The van der Waals surface area contributed by atoms with Gasteiger partial charge in [-0.3, -0.25) is 9.59 Å². The number of likely N-dealkylation sites (tertiary alicyclic amines) is 1. The molecule has 0 spiro atoms. The molecule has 9 nitrogen and oxygen atoms in total. The van der Waals surface area contributed by atoms with Gasteiger partial charge in [0, 0.05) is 36.7 Å². The van der Waals surface area contributed by atoms with Crippen molar-refractivity contribution >= 4 is 33.5 Å². The first-order valence-corrected chi connectivity index (χ1v) is 13.7. The number of benzene rings is 2. The Labute approximate surface area is 211 Å². The summed E-state index contributed by atoms with van der Waals surface area (Å²) in [4.78, 5) is 39.4. The first kappa shape index (κ1) is 25.8. The second-order valence-electron chi connectivity index (χ2n) is 9.09. The number of sulfonamides is 1. The van der Waals surface area contributed by atoms with Gasteiger partial charge < -0.3 is 15.0 Å². The Morgan fingerprint density at radius 1 is 1.08 bits per heavy atom. The Morgan fingerprint density at radius 3 is 2.50 bits per heavy atom. The number of Topliss-reactive ketones (excluding diaryl/α,β-unsaturated/α-hetero) is 1. The second-order valence-corrected chi connectivity index (χ2v) is 10.8. The molecule has 0 aromatic heterocycles. The van der Waals surface area contributed by atoms with Crippen molar-refractivity contribution in [3.8, 4) is 0 Å². The van der Waals surface area contributed by atoms with Gasteiger partial charge in [-0.2, -0.15) is 0 Å². The molecule has 0 saturated carbocycles. The molecule has 2 aromatic carbocycles. The van der Waals surface area contributed by atoms with Crippen molar-refractivity contribution < 1.29 is 27.5 Å². The molecule has 1 fully saturated rings. The van der Waals surface area contributed by atoms with Crippen molar-refractivity contribution in [1.29, 1.82) is 0 Å². The Hall–Kier alpha value is -3.24. The van der Waals surface area contributed by atoms with Gasteiger partial charge in [-0.1, -0.05) is 18.2 Å². The molecular weight excluding hydrogens is 482 g/mol. The number of amides is 2. The summed E-state index contributed by atoms with van der Waals surface area (Å²) in [5.74, 6) is -0.535. The Balaban J connectivity index is 1.56. The summed E-state index contributed by atoms with van der Waals surface area (Å²) >= 11 is 0. The first-order valence-electron chi connectivity index (χ1n) is 12.2. The van der Waals surface area contributed by atoms with Crippen LogP contribution in [0.25, 0.3) is 0 Å². The van der Waals surface area contributed by atoms with Crippen LogP contribution in [0.1, 0.15) is 64.4 Å². The molecule has 0 unspecified atom stereocenters. The number of ketones is 1. The highest BCUT2D eigenvalue weighted by atomic mass is 32.2. The van der Waals surface area contributed by atoms with Crippen molar-refractivity contribution in [2.75, 3.05) is 25.0 Å². The van der Waals surface area contributed by atoms with Gasteiger partial charge in [0.1, 0.15) is 0 Å². The van der Waals surface area contributed by atoms with Crippen molar-refractivity contribution in [3.05, 3.63) is 58.7 Å². The van der Waals surface area contributed by atoms with Gasteiger partial charge in [0.25, 0.3) is 5.91 Å². The number of hydrogen-bond donors (Lipinski definition) is 2. The molecule has 2 aliphatic rings. The van der Waals surface area contributed by atoms with Gasteiger partial charge in [0.2, 0.25) is 10.0 Å². The molecule has 2 aromatic rings. The summed E-state index contributed by atoms with van der Waals surface area (Å²) in [6, 6.07) is 9.75. The smallest absolute Gasteiger partial charge is 0.409 e. The van der Waals surface area contributed by atoms with Crippen molar-refractivity contribution in [2.24, 2.45) is 0 Å². The topological polar surface area (TPSA) is 122 Å². The monoisotopic (exact) mass is 513 g/mol. The molecule has 1 aliphatic carbocycles. The van der Waals surface area contributed by atoms with E-state index in [1.165, 1.54) is 12.1 Å². The van der Waals surface area contributed by atoms with E-state index in [2.05, 4.69) is 10.0 Å². The van der Waals surface area contributed by atoms with Crippen LogP contribution in [-0.2, 0) is 21.2 Å². The maximum absolute atomic E-state index is 13.4. The number of hydrogen-bond acceptors (Lipinski definition) is 6. The predicted octanol–water partition coefficient (Wildman–Crippen LogP) is 3.67. The van der Waals surface area contributed by atoms with Crippen molar-refractivity contribution in [1.82, 2.24) is 9.62 Å². The number of anilines is 1. The Morgan fingerprint density at radius 2 is 1.81 bits per heavy atom. The standard InChI is InChI=1S/C26H31N3O6S/c1-3-35-26(32)29-15-13-18(14-16-29)28-36(33,34)23-12-11-21(24-20(23)9-6-10-22(24)30)27-25(31)19-8-5-4-7-17(19)2/h4-5,7-8,11-12,18,28H,3,6,9-10,13-16H2,1-2H3,(H,27,31). The average Bonchev–Trinajstić information content (AvgIpc) is 2.84. The number of nitrogens with one attached hydrogen (secondary N) is 2. The molecule has 4 rings (SSSR count). The summed E-state index contributed by atoms with van der Waals surface area (Å²) in [6.07, 6.45) is 1.79. The van der Waals surface area contributed by atoms with Crippen LogP contribution in [-0.4, -0.2) is 56.8 Å². The molecule has 0 bridgehead atoms. The van der Waals surface area contributed by atoms with Crippen LogP contribution in [0.2, 0.25) is 0 Å². The summed E-state index contributed by atoms with van der Waals surface area (Å²) in [7, 11) is -3.93. The zero-order chi connectivity index (χ0) is 25.9. The molecule has 10 heteroatoms.